The molecule has 2 aromatic rings. The van der Waals surface area contributed by atoms with Crippen molar-refractivity contribution in [1.29, 1.82) is 0 Å². The van der Waals surface area contributed by atoms with E-state index in [-0.39, 0.29) is 24.4 Å². The molecule has 2 N–H and O–H groups in total. The Kier molecular flexibility index (Phi) is 6.02. The van der Waals surface area contributed by atoms with E-state index in [9.17, 15) is 4.79 Å². The summed E-state index contributed by atoms with van der Waals surface area (Å²) in [5, 5.41) is 6.32. The van der Waals surface area contributed by atoms with Crippen molar-refractivity contribution >= 4 is 18.3 Å². The Labute approximate surface area is 142 Å². The average Bonchev–Trinajstić information content (AvgIpc) is 3.08. The van der Waals surface area contributed by atoms with Crippen LogP contribution in [0.2, 0.25) is 0 Å². The molecule has 1 saturated heterocycles. The van der Waals surface area contributed by atoms with Crippen LogP contribution >= 0.6 is 12.4 Å². The molecule has 3 rings (SSSR count). The molecule has 0 radical (unpaired) electrons. The highest BCUT2D eigenvalue weighted by Gasteiger charge is 2.17. The van der Waals surface area contributed by atoms with Crippen LogP contribution in [-0.2, 0) is 0 Å². The largest absolute Gasteiger partial charge is 0.497 e. The van der Waals surface area contributed by atoms with Crippen molar-refractivity contribution in [3.8, 4) is 16.9 Å². The van der Waals surface area contributed by atoms with Crippen molar-refractivity contribution in [1.82, 2.24) is 10.6 Å². The molecule has 23 heavy (non-hydrogen) atoms. The predicted molar refractivity (Wildman–Crippen MR) is 94.4 cm³/mol. The number of nitrogens with one attached hydrogen (secondary N) is 2. The van der Waals surface area contributed by atoms with Gasteiger partial charge in [0, 0.05) is 18.2 Å². The molecule has 1 aliphatic heterocycles. The maximum Gasteiger partial charge on any atom is 0.251 e. The summed E-state index contributed by atoms with van der Waals surface area (Å²) in [7, 11) is 1.65. The summed E-state index contributed by atoms with van der Waals surface area (Å²) in [5.74, 6) is 0.815. The maximum absolute atomic E-state index is 12.3. The van der Waals surface area contributed by atoms with Gasteiger partial charge in [-0.15, -0.1) is 12.4 Å². The van der Waals surface area contributed by atoms with Crippen molar-refractivity contribution in [3.05, 3.63) is 54.1 Å². The molecule has 0 aromatic heterocycles. The predicted octanol–water partition coefficient (Wildman–Crippen LogP) is 2.88. The molecule has 0 spiro atoms. The highest BCUT2D eigenvalue weighted by atomic mass is 35.5. The highest BCUT2D eigenvalue weighted by Crippen LogP contribution is 2.23. The molecular weight excluding hydrogens is 312 g/mol. The van der Waals surface area contributed by atoms with Gasteiger partial charge in [0.2, 0.25) is 0 Å². The molecule has 5 heteroatoms. The van der Waals surface area contributed by atoms with Gasteiger partial charge in [-0.05, 0) is 48.4 Å². The van der Waals surface area contributed by atoms with Gasteiger partial charge in [-0.3, -0.25) is 4.79 Å². The molecular formula is C18H21ClN2O2. The van der Waals surface area contributed by atoms with E-state index in [1.165, 1.54) is 0 Å². The van der Waals surface area contributed by atoms with Gasteiger partial charge in [0.15, 0.2) is 0 Å². The minimum Gasteiger partial charge on any atom is -0.497 e. The van der Waals surface area contributed by atoms with Crippen molar-refractivity contribution < 1.29 is 9.53 Å². The zero-order valence-electron chi connectivity index (χ0n) is 13.0. The second-order valence-electron chi connectivity index (χ2n) is 5.47. The quantitative estimate of drug-likeness (QED) is 0.905. The third-order valence-electron chi connectivity index (χ3n) is 3.94. The second kappa shape index (κ2) is 7.99. The summed E-state index contributed by atoms with van der Waals surface area (Å²) in [6, 6.07) is 15.8. The molecule has 1 aliphatic rings. The lowest BCUT2D eigenvalue weighted by Gasteiger charge is -2.12. The van der Waals surface area contributed by atoms with E-state index in [0.29, 0.717) is 5.56 Å². The van der Waals surface area contributed by atoms with Gasteiger partial charge in [-0.2, -0.15) is 0 Å². The smallest absolute Gasteiger partial charge is 0.251 e. The summed E-state index contributed by atoms with van der Waals surface area (Å²) < 4.78 is 5.17. The average molecular weight is 333 g/mol. The van der Waals surface area contributed by atoms with Crippen molar-refractivity contribution in [2.24, 2.45) is 0 Å². The van der Waals surface area contributed by atoms with E-state index in [0.717, 1.165) is 36.4 Å². The van der Waals surface area contributed by atoms with Gasteiger partial charge in [0.05, 0.1) is 7.11 Å². The summed E-state index contributed by atoms with van der Waals surface area (Å²) in [6.45, 7) is 1.82. The van der Waals surface area contributed by atoms with Crippen molar-refractivity contribution in [2.75, 3.05) is 20.2 Å². The first-order chi connectivity index (χ1) is 10.8. The van der Waals surface area contributed by atoms with E-state index in [1.54, 1.807) is 7.11 Å². The van der Waals surface area contributed by atoms with E-state index >= 15 is 0 Å². The number of hydrogen-bond donors (Lipinski definition) is 2. The summed E-state index contributed by atoms with van der Waals surface area (Å²) >= 11 is 0. The van der Waals surface area contributed by atoms with E-state index in [4.69, 9.17) is 4.74 Å². The normalized spacial score (nSPS) is 16.5. The van der Waals surface area contributed by atoms with Gasteiger partial charge >= 0.3 is 0 Å². The third kappa shape index (κ3) is 4.24. The first-order valence-electron chi connectivity index (χ1n) is 7.52. The molecule has 0 saturated carbocycles. The minimum atomic E-state index is -0.0101. The zero-order valence-corrected chi connectivity index (χ0v) is 13.9. The SMILES string of the molecule is COc1ccc(-c2cccc(C(=O)NC3CCNC3)c2)cc1.Cl. The van der Waals surface area contributed by atoms with Crippen LogP contribution in [-0.4, -0.2) is 32.1 Å². The molecule has 1 atom stereocenters. The van der Waals surface area contributed by atoms with Crippen LogP contribution in [0.5, 0.6) is 5.75 Å². The number of halogens is 1. The monoisotopic (exact) mass is 332 g/mol. The van der Waals surface area contributed by atoms with Crippen LogP contribution < -0.4 is 15.4 Å². The van der Waals surface area contributed by atoms with E-state index in [2.05, 4.69) is 10.6 Å². The summed E-state index contributed by atoms with van der Waals surface area (Å²) in [6.07, 6.45) is 0.990. The molecule has 4 nitrogen and oxygen atoms in total. The van der Waals surface area contributed by atoms with Crippen LogP contribution in [0.25, 0.3) is 11.1 Å². The van der Waals surface area contributed by atoms with E-state index in [1.807, 2.05) is 48.5 Å². The van der Waals surface area contributed by atoms with Crippen molar-refractivity contribution in [2.45, 2.75) is 12.5 Å². The number of methoxy groups -OCH3 is 1. The Bertz CT molecular complexity index is 652. The lowest BCUT2D eigenvalue weighted by Crippen LogP contribution is -2.36. The van der Waals surface area contributed by atoms with Crippen LogP contribution in [0.15, 0.2) is 48.5 Å². The van der Waals surface area contributed by atoms with Gasteiger partial charge in [0.25, 0.3) is 5.91 Å². The fraction of sp³-hybridized carbons (Fsp3) is 0.278. The number of hydrogen-bond acceptors (Lipinski definition) is 3. The Morgan fingerprint density at radius 1 is 1.17 bits per heavy atom. The van der Waals surface area contributed by atoms with Crippen LogP contribution in [0, 0.1) is 0 Å². The number of carbonyl (C=O) groups excluding carboxylic acids is 1. The van der Waals surface area contributed by atoms with Gasteiger partial charge in [0.1, 0.15) is 5.75 Å². The molecule has 1 amide bonds. The van der Waals surface area contributed by atoms with Crippen LogP contribution in [0.3, 0.4) is 0 Å². The summed E-state index contributed by atoms with van der Waals surface area (Å²) in [4.78, 5) is 12.3. The van der Waals surface area contributed by atoms with Crippen LogP contribution in [0.4, 0.5) is 0 Å². The van der Waals surface area contributed by atoms with Crippen LogP contribution in [0.1, 0.15) is 16.8 Å². The second-order valence-corrected chi connectivity index (χ2v) is 5.47. The standard InChI is InChI=1S/C18H20N2O2.ClH/c1-22-17-7-5-13(6-8-17)14-3-2-4-15(11-14)18(21)20-16-9-10-19-12-16;/h2-8,11,16,19H,9-10,12H2,1H3,(H,20,21);1H. The Morgan fingerprint density at radius 3 is 2.61 bits per heavy atom. The molecule has 1 unspecified atom stereocenters. The molecule has 0 aliphatic carbocycles. The Morgan fingerprint density at radius 2 is 1.96 bits per heavy atom. The van der Waals surface area contributed by atoms with Crippen molar-refractivity contribution in [3.63, 3.8) is 0 Å². The fourth-order valence-electron chi connectivity index (χ4n) is 2.67. The first-order valence-corrected chi connectivity index (χ1v) is 7.52. The first kappa shape index (κ1) is 17.3. The minimum absolute atomic E-state index is 0. The number of carbonyl (C=O) groups is 1. The molecule has 1 heterocycles. The topological polar surface area (TPSA) is 50.4 Å². The maximum atomic E-state index is 12.3. The number of ether oxygens (including phenoxy) is 1. The molecule has 0 bridgehead atoms. The van der Waals surface area contributed by atoms with Gasteiger partial charge in [-0.1, -0.05) is 24.3 Å². The number of rotatable bonds is 4. The molecule has 122 valence electrons. The summed E-state index contributed by atoms with van der Waals surface area (Å²) in [5.41, 5.74) is 2.79. The Balaban J connectivity index is 0.00000192. The number of amides is 1. The molecule has 2 aromatic carbocycles. The third-order valence-corrected chi connectivity index (χ3v) is 3.94. The lowest BCUT2D eigenvalue weighted by molar-refractivity contribution is 0.0940. The number of benzene rings is 2. The van der Waals surface area contributed by atoms with Gasteiger partial charge < -0.3 is 15.4 Å². The fourth-order valence-corrected chi connectivity index (χ4v) is 2.67. The van der Waals surface area contributed by atoms with E-state index < -0.39 is 0 Å². The zero-order chi connectivity index (χ0) is 15.4. The highest BCUT2D eigenvalue weighted by molar-refractivity contribution is 5.95. The van der Waals surface area contributed by atoms with Gasteiger partial charge in [-0.25, -0.2) is 0 Å². The molecule has 1 fully saturated rings. The lowest BCUT2D eigenvalue weighted by atomic mass is 10.0. The Hall–Kier alpha value is -2.04.